The van der Waals surface area contributed by atoms with Crippen molar-refractivity contribution in [1.29, 1.82) is 0 Å². The first-order valence-electron chi connectivity index (χ1n) is 7.48. The van der Waals surface area contributed by atoms with Crippen LogP contribution in [0.5, 0.6) is 0 Å². The smallest absolute Gasteiger partial charge is 0.0317 e. The molecule has 0 bridgehead atoms. The van der Waals surface area contributed by atoms with E-state index in [0.29, 0.717) is 0 Å². The van der Waals surface area contributed by atoms with Crippen LogP contribution in [0.4, 0.5) is 5.69 Å². The first-order valence-corrected chi connectivity index (χ1v) is 7.48. The molecule has 0 saturated heterocycles. The third kappa shape index (κ3) is 6.08. The highest BCUT2D eigenvalue weighted by atomic mass is 15.1. The fourth-order valence-electron chi connectivity index (χ4n) is 2.36. The highest BCUT2D eigenvalue weighted by Gasteiger charge is 2.05. The molecule has 0 aromatic heterocycles. The maximum Gasteiger partial charge on any atom is 0.0317 e. The van der Waals surface area contributed by atoms with E-state index in [0.717, 1.165) is 38.4 Å². The van der Waals surface area contributed by atoms with Crippen LogP contribution < -0.4 is 5.73 Å². The summed E-state index contributed by atoms with van der Waals surface area (Å²) in [5.74, 6) is 0. The van der Waals surface area contributed by atoms with Gasteiger partial charge in [-0.25, -0.2) is 0 Å². The van der Waals surface area contributed by atoms with Crippen molar-refractivity contribution in [1.82, 2.24) is 9.80 Å². The molecule has 0 heterocycles. The molecule has 0 atom stereocenters. The zero-order valence-corrected chi connectivity index (χ0v) is 12.7. The fourth-order valence-corrected chi connectivity index (χ4v) is 2.36. The third-order valence-electron chi connectivity index (χ3n) is 3.65. The third-order valence-corrected chi connectivity index (χ3v) is 3.65. The van der Waals surface area contributed by atoms with Crippen LogP contribution in [-0.2, 0) is 6.54 Å². The zero-order chi connectivity index (χ0) is 14.1. The monoisotopic (exact) mass is 263 g/mol. The van der Waals surface area contributed by atoms with Crippen LogP contribution >= 0.6 is 0 Å². The van der Waals surface area contributed by atoms with Gasteiger partial charge in [0.2, 0.25) is 0 Å². The number of hydrogen-bond acceptors (Lipinski definition) is 3. The molecule has 0 spiro atoms. The van der Waals surface area contributed by atoms with Crippen molar-refractivity contribution in [3.8, 4) is 0 Å². The predicted octanol–water partition coefficient (Wildman–Crippen LogP) is 2.82. The highest BCUT2D eigenvalue weighted by Crippen LogP contribution is 2.10. The van der Waals surface area contributed by atoms with Gasteiger partial charge in [0.05, 0.1) is 0 Å². The Kier molecular flexibility index (Phi) is 7.53. The van der Waals surface area contributed by atoms with Crippen LogP contribution in [0.25, 0.3) is 0 Å². The number of nitrogen functional groups attached to an aromatic ring is 1. The van der Waals surface area contributed by atoms with Crippen LogP contribution in [0, 0.1) is 0 Å². The van der Waals surface area contributed by atoms with Crippen LogP contribution in [0.3, 0.4) is 0 Å². The van der Waals surface area contributed by atoms with E-state index < -0.39 is 0 Å². The van der Waals surface area contributed by atoms with E-state index in [4.69, 9.17) is 5.73 Å². The summed E-state index contributed by atoms with van der Waals surface area (Å²) in [7, 11) is 0. The molecule has 0 unspecified atom stereocenters. The average Bonchev–Trinajstić information content (AvgIpc) is 2.42. The zero-order valence-electron chi connectivity index (χ0n) is 12.7. The van der Waals surface area contributed by atoms with E-state index in [1.54, 1.807) is 0 Å². The summed E-state index contributed by atoms with van der Waals surface area (Å²) in [6.07, 6.45) is 1.23. The number of nitrogens with two attached hydrogens (primary N) is 1. The Hall–Kier alpha value is -1.06. The number of hydrogen-bond donors (Lipinski definition) is 1. The summed E-state index contributed by atoms with van der Waals surface area (Å²) in [5, 5.41) is 0. The van der Waals surface area contributed by atoms with Crippen LogP contribution in [0.1, 0.15) is 32.8 Å². The SMILES string of the molecule is CCN(CC)CCCN(CC)Cc1cccc(N)c1. The Bertz CT molecular complexity index is 348. The van der Waals surface area contributed by atoms with Gasteiger partial charge in [-0.15, -0.1) is 0 Å². The van der Waals surface area contributed by atoms with E-state index in [1.165, 1.54) is 18.5 Å². The molecule has 2 N–H and O–H groups in total. The predicted molar refractivity (Wildman–Crippen MR) is 84.2 cm³/mol. The molecule has 0 aliphatic carbocycles. The van der Waals surface area contributed by atoms with E-state index in [-0.39, 0.29) is 0 Å². The van der Waals surface area contributed by atoms with Crippen molar-refractivity contribution in [2.75, 3.05) is 38.5 Å². The Balaban J connectivity index is 2.37. The van der Waals surface area contributed by atoms with Gasteiger partial charge in [-0.1, -0.05) is 32.9 Å². The summed E-state index contributed by atoms with van der Waals surface area (Å²) in [4.78, 5) is 4.96. The Morgan fingerprint density at radius 2 is 1.58 bits per heavy atom. The molecule has 0 saturated carbocycles. The second-order valence-corrected chi connectivity index (χ2v) is 4.99. The summed E-state index contributed by atoms with van der Waals surface area (Å²) in [5.41, 5.74) is 7.99. The number of rotatable bonds is 9. The van der Waals surface area contributed by atoms with E-state index in [9.17, 15) is 0 Å². The molecule has 108 valence electrons. The Morgan fingerprint density at radius 3 is 2.16 bits per heavy atom. The van der Waals surface area contributed by atoms with Gasteiger partial charge in [0.1, 0.15) is 0 Å². The van der Waals surface area contributed by atoms with E-state index in [1.807, 2.05) is 12.1 Å². The summed E-state index contributed by atoms with van der Waals surface area (Å²) in [6, 6.07) is 8.21. The fraction of sp³-hybridized carbons (Fsp3) is 0.625. The molecular formula is C16H29N3. The van der Waals surface area contributed by atoms with Gasteiger partial charge in [-0.3, -0.25) is 4.90 Å². The number of nitrogens with zero attached hydrogens (tertiary/aromatic N) is 2. The molecule has 0 aliphatic heterocycles. The molecule has 0 radical (unpaired) electrons. The molecule has 0 fully saturated rings. The molecule has 1 aromatic rings. The van der Waals surface area contributed by atoms with Gasteiger partial charge in [0.25, 0.3) is 0 Å². The van der Waals surface area contributed by atoms with Crippen molar-refractivity contribution in [2.24, 2.45) is 0 Å². The standard InChI is InChI=1S/C16H29N3/c1-4-18(5-2)11-8-12-19(6-3)14-15-9-7-10-16(17)13-15/h7,9-10,13H,4-6,8,11-12,14,17H2,1-3H3. The average molecular weight is 263 g/mol. The second-order valence-electron chi connectivity index (χ2n) is 4.99. The highest BCUT2D eigenvalue weighted by molar-refractivity contribution is 5.40. The maximum absolute atomic E-state index is 5.83. The number of anilines is 1. The molecule has 19 heavy (non-hydrogen) atoms. The first-order chi connectivity index (χ1) is 9.19. The summed E-state index contributed by atoms with van der Waals surface area (Å²) < 4.78 is 0. The van der Waals surface area contributed by atoms with Gasteiger partial charge in [0.15, 0.2) is 0 Å². The first kappa shape index (κ1) is 16.0. The molecular weight excluding hydrogens is 234 g/mol. The largest absolute Gasteiger partial charge is 0.399 e. The number of benzene rings is 1. The van der Waals surface area contributed by atoms with E-state index >= 15 is 0 Å². The van der Waals surface area contributed by atoms with Gasteiger partial charge in [-0.2, -0.15) is 0 Å². The molecule has 0 aliphatic rings. The van der Waals surface area contributed by atoms with Gasteiger partial charge < -0.3 is 10.6 Å². The minimum atomic E-state index is 0.858. The van der Waals surface area contributed by atoms with Crippen molar-refractivity contribution < 1.29 is 0 Å². The lowest BCUT2D eigenvalue weighted by atomic mass is 10.2. The second kappa shape index (κ2) is 8.94. The Morgan fingerprint density at radius 1 is 0.947 bits per heavy atom. The van der Waals surface area contributed by atoms with Gasteiger partial charge in [0, 0.05) is 12.2 Å². The quantitative estimate of drug-likeness (QED) is 0.695. The van der Waals surface area contributed by atoms with Gasteiger partial charge in [-0.05, 0) is 56.8 Å². The van der Waals surface area contributed by atoms with E-state index in [2.05, 4.69) is 42.7 Å². The summed E-state index contributed by atoms with van der Waals surface area (Å²) in [6.45, 7) is 13.4. The molecule has 3 heteroatoms. The van der Waals surface area contributed by atoms with Crippen LogP contribution in [0.2, 0.25) is 0 Å². The topological polar surface area (TPSA) is 32.5 Å². The van der Waals surface area contributed by atoms with Crippen LogP contribution in [0.15, 0.2) is 24.3 Å². The molecule has 1 aromatic carbocycles. The van der Waals surface area contributed by atoms with Crippen molar-refractivity contribution >= 4 is 5.69 Å². The lowest BCUT2D eigenvalue weighted by Crippen LogP contribution is -2.29. The van der Waals surface area contributed by atoms with Crippen LogP contribution in [-0.4, -0.2) is 42.5 Å². The molecule has 1 rings (SSSR count). The molecule has 3 nitrogen and oxygen atoms in total. The minimum Gasteiger partial charge on any atom is -0.399 e. The Labute approximate surface area is 118 Å². The van der Waals surface area contributed by atoms with Crippen molar-refractivity contribution in [3.05, 3.63) is 29.8 Å². The minimum absolute atomic E-state index is 0.858. The lowest BCUT2D eigenvalue weighted by molar-refractivity contribution is 0.238. The van der Waals surface area contributed by atoms with Crippen molar-refractivity contribution in [3.63, 3.8) is 0 Å². The molecule has 0 amide bonds. The summed E-state index contributed by atoms with van der Waals surface area (Å²) >= 11 is 0. The van der Waals surface area contributed by atoms with Gasteiger partial charge >= 0.3 is 0 Å². The lowest BCUT2D eigenvalue weighted by Gasteiger charge is -2.23. The van der Waals surface area contributed by atoms with Crippen molar-refractivity contribution in [2.45, 2.75) is 33.7 Å². The normalized spacial score (nSPS) is 11.4. The maximum atomic E-state index is 5.83.